The Morgan fingerprint density at radius 1 is 1.12 bits per heavy atom. The van der Waals surface area contributed by atoms with Crippen molar-refractivity contribution < 1.29 is 9.59 Å². The van der Waals surface area contributed by atoms with Crippen LogP contribution in [-0.4, -0.2) is 57.0 Å². The van der Waals surface area contributed by atoms with Crippen LogP contribution >= 0.6 is 23.5 Å². The van der Waals surface area contributed by atoms with Crippen molar-refractivity contribution in [1.82, 2.24) is 9.80 Å². The summed E-state index contributed by atoms with van der Waals surface area (Å²) >= 11 is 3.25. The molecule has 0 N–H and O–H groups in total. The zero-order valence-corrected chi connectivity index (χ0v) is 10.6. The highest BCUT2D eigenvalue weighted by atomic mass is 32.2. The SMILES string of the molecule is O=C1SCCC1N1CN2CSCCC2C1=O. The first-order valence-electron chi connectivity index (χ1n) is 5.56. The van der Waals surface area contributed by atoms with E-state index >= 15 is 0 Å². The molecule has 3 rings (SSSR count). The number of carbonyl (C=O) groups excluding carboxylic acids is 2. The van der Waals surface area contributed by atoms with Gasteiger partial charge in [0.1, 0.15) is 6.04 Å². The van der Waals surface area contributed by atoms with Gasteiger partial charge in [0.15, 0.2) is 0 Å². The average molecular weight is 258 g/mol. The maximum atomic E-state index is 12.2. The van der Waals surface area contributed by atoms with E-state index in [4.69, 9.17) is 0 Å². The molecule has 3 heterocycles. The van der Waals surface area contributed by atoms with Gasteiger partial charge < -0.3 is 4.90 Å². The minimum atomic E-state index is -0.145. The molecule has 2 unspecified atom stereocenters. The van der Waals surface area contributed by atoms with Crippen LogP contribution in [-0.2, 0) is 9.59 Å². The first-order chi connectivity index (χ1) is 7.77. The fourth-order valence-corrected chi connectivity index (χ4v) is 4.54. The van der Waals surface area contributed by atoms with Crippen molar-refractivity contribution in [2.75, 3.05) is 24.1 Å². The summed E-state index contributed by atoms with van der Waals surface area (Å²) in [6.45, 7) is 0.660. The molecule has 0 aromatic rings. The Balaban J connectivity index is 1.77. The fraction of sp³-hybridized carbons (Fsp3) is 0.800. The van der Waals surface area contributed by atoms with E-state index < -0.39 is 0 Å². The van der Waals surface area contributed by atoms with Crippen molar-refractivity contribution in [3.05, 3.63) is 0 Å². The van der Waals surface area contributed by atoms with E-state index in [2.05, 4.69) is 4.90 Å². The van der Waals surface area contributed by atoms with Crippen LogP contribution in [0, 0.1) is 0 Å². The summed E-state index contributed by atoms with van der Waals surface area (Å²) in [6.07, 6.45) is 1.77. The fourth-order valence-electron chi connectivity index (χ4n) is 2.55. The Bertz CT molecular complexity index is 337. The minimum Gasteiger partial charge on any atom is -0.317 e. The van der Waals surface area contributed by atoms with Gasteiger partial charge in [-0.15, -0.1) is 11.8 Å². The molecule has 0 saturated carbocycles. The van der Waals surface area contributed by atoms with Crippen molar-refractivity contribution in [3.8, 4) is 0 Å². The van der Waals surface area contributed by atoms with E-state index in [1.54, 1.807) is 4.90 Å². The number of hydrogen-bond acceptors (Lipinski definition) is 5. The summed E-state index contributed by atoms with van der Waals surface area (Å²) in [6, 6.07) is -0.0900. The van der Waals surface area contributed by atoms with E-state index in [1.165, 1.54) is 11.8 Å². The summed E-state index contributed by atoms with van der Waals surface area (Å²) in [5.74, 6) is 3.04. The molecule has 0 aromatic carbocycles. The number of hydrogen-bond donors (Lipinski definition) is 0. The zero-order chi connectivity index (χ0) is 11.1. The van der Waals surface area contributed by atoms with Crippen molar-refractivity contribution >= 4 is 34.5 Å². The van der Waals surface area contributed by atoms with Gasteiger partial charge >= 0.3 is 0 Å². The van der Waals surface area contributed by atoms with Gasteiger partial charge in [-0.2, -0.15) is 0 Å². The van der Waals surface area contributed by atoms with Gasteiger partial charge in [-0.25, -0.2) is 0 Å². The smallest absolute Gasteiger partial charge is 0.241 e. The lowest BCUT2D eigenvalue weighted by Crippen LogP contribution is -2.40. The normalized spacial score (nSPS) is 35.9. The lowest BCUT2D eigenvalue weighted by molar-refractivity contribution is -0.134. The van der Waals surface area contributed by atoms with Gasteiger partial charge in [0.05, 0.1) is 12.7 Å². The molecule has 3 aliphatic rings. The summed E-state index contributed by atoms with van der Waals surface area (Å²) < 4.78 is 0. The lowest BCUT2D eigenvalue weighted by atomic mass is 10.2. The number of thioether (sulfide) groups is 2. The molecule has 2 atom stereocenters. The van der Waals surface area contributed by atoms with E-state index in [1.807, 2.05) is 11.8 Å². The molecule has 16 heavy (non-hydrogen) atoms. The molecule has 0 bridgehead atoms. The van der Waals surface area contributed by atoms with Crippen LogP contribution in [0.2, 0.25) is 0 Å². The Labute approximate surface area is 103 Å². The third kappa shape index (κ3) is 1.67. The summed E-state index contributed by atoms with van der Waals surface area (Å²) in [5, 5.41) is 0.181. The van der Waals surface area contributed by atoms with Crippen molar-refractivity contribution in [2.24, 2.45) is 0 Å². The van der Waals surface area contributed by atoms with Crippen LogP contribution < -0.4 is 0 Å². The van der Waals surface area contributed by atoms with Crippen LogP contribution in [0.3, 0.4) is 0 Å². The monoisotopic (exact) mass is 258 g/mol. The summed E-state index contributed by atoms with van der Waals surface area (Å²) in [5.41, 5.74) is 0. The second-order valence-corrected chi connectivity index (χ2v) is 6.53. The Kier molecular flexibility index (Phi) is 2.89. The molecule has 6 heteroatoms. The van der Waals surface area contributed by atoms with Crippen molar-refractivity contribution in [1.29, 1.82) is 0 Å². The quantitative estimate of drug-likeness (QED) is 0.688. The molecule has 0 radical (unpaired) electrons. The predicted molar refractivity (Wildman–Crippen MR) is 65.2 cm³/mol. The second kappa shape index (κ2) is 4.23. The molecular formula is C10H14N2O2S2. The number of nitrogens with zero attached hydrogens (tertiary/aromatic N) is 2. The molecule has 4 nitrogen and oxygen atoms in total. The van der Waals surface area contributed by atoms with Gasteiger partial charge in [0.2, 0.25) is 11.0 Å². The standard InChI is InChI=1S/C10H14N2O2S2/c13-9-7-1-3-15-6-11(7)5-12(9)8-2-4-16-10(8)14/h7-8H,1-6H2. The number of fused-ring (bicyclic) bond motifs is 1. The maximum absolute atomic E-state index is 12.2. The number of carbonyl (C=O) groups is 2. The Morgan fingerprint density at radius 2 is 1.94 bits per heavy atom. The Morgan fingerprint density at radius 3 is 2.62 bits per heavy atom. The maximum Gasteiger partial charge on any atom is 0.241 e. The van der Waals surface area contributed by atoms with Crippen LogP contribution in [0.25, 0.3) is 0 Å². The molecule has 1 amide bonds. The molecule has 0 spiro atoms. The van der Waals surface area contributed by atoms with Crippen LogP contribution in [0.5, 0.6) is 0 Å². The van der Waals surface area contributed by atoms with E-state index in [0.29, 0.717) is 6.67 Å². The van der Waals surface area contributed by atoms with E-state index in [-0.39, 0.29) is 23.1 Å². The molecule has 88 valence electrons. The highest BCUT2D eigenvalue weighted by Gasteiger charge is 2.45. The van der Waals surface area contributed by atoms with Crippen LogP contribution in [0.4, 0.5) is 0 Å². The topological polar surface area (TPSA) is 40.6 Å². The first kappa shape index (κ1) is 10.9. The molecule has 3 fully saturated rings. The predicted octanol–water partition coefficient (Wildman–Crippen LogP) is 0.583. The highest BCUT2D eigenvalue weighted by Crippen LogP contribution is 2.32. The lowest BCUT2D eigenvalue weighted by Gasteiger charge is -2.25. The number of rotatable bonds is 1. The molecule has 0 aliphatic carbocycles. The van der Waals surface area contributed by atoms with Crippen molar-refractivity contribution in [3.63, 3.8) is 0 Å². The molecular weight excluding hydrogens is 244 g/mol. The third-order valence-corrected chi connectivity index (χ3v) is 5.45. The minimum absolute atomic E-state index is 0.0552. The van der Waals surface area contributed by atoms with Crippen LogP contribution in [0.1, 0.15) is 12.8 Å². The largest absolute Gasteiger partial charge is 0.317 e. The van der Waals surface area contributed by atoms with Crippen molar-refractivity contribution in [2.45, 2.75) is 24.9 Å². The summed E-state index contributed by atoms with van der Waals surface area (Å²) in [7, 11) is 0. The summed E-state index contributed by atoms with van der Waals surface area (Å²) in [4.78, 5) is 27.8. The average Bonchev–Trinajstić information content (AvgIpc) is 2.84. The van der Waals surface area contributed by atoms with Gasteiger partial charge in [-0.05, 0) is 18.6 Å². The van der Waals surface area contributed by atoms with Gasteiger partial charge in [0.25, 0.3) is 0 Å². The first-order valence-corrected chi connectivity index (χ1v) is 7.70. The molecule has 3 aliphatic heterocycles. The van der Waals surface area contributed by atoms with Gasteiger partial charge in [-0.1, -0.05) is 11.8 Å². The molecule has 3 saturated heterocycles. The molecule has 0 aromatic heterocycles. The van der Waals surface area contributed by atoms with E-state index in [0.717, 1.165) is 30.2 Å². The third-order valence-electron chi connectivity index (χ3n) is 3.42. The van der Waals surface area contributed by atoms with Gasteiger partial charge in [-0.3, -0.25) is 14.5 Å². The van der Waals surface area contributed by atoms with Gasteiger partial charge in [0, 0.05) is 11.6 Å². The number of amides is 1. The van der Waals surface area contributed by atoms with Crippen LogP contribution in [0.15, 0.2) is 0 Å². The van der Waals surface area contributed by atoms with E-state index in [9.17, 15) is 9.59 Å². The second-order valence-electron chi connectivity index (χ2n) is 4.35. The Hall–Kier alpha value is -0.200. The highest BCUT2D eigenvalue weighted by molar-refractivity contribution is 8.14. The zero-order valence-electron chi connectivity index (χ0n) is 8.92.